The Labute approximate surface area is 68.6 Å². The van der Waals surface area contributed by atoms with Gasteiger partial charge in [0.2, 0.25) is 0 Å². The molecule has 0 saturated carbocycles. The highest BCUT2D eigenvalue weighted by molar-refractivity contribution is 4.60. The standard InChI is InChI=1S/C8H17O3/c1-5-7(9-2)6-8(10-3)11-4/h7-8H,1,5-6H2,2-4H3. The summed E-state index contributed by atoms with van der Waals surface area (Å²) in [5.74, 6) is 0. The van der Waals surface area contributed by atoms with E-state index in [0.29, 0.717) is 0 Å². The minimum absolute atomic E-state index is 0.125. The van der Waals surface area contributed by atoms with Crippen molar-refractivity contribution in [3.63, 3.8) is 0 Å². The quantitative estimate of drug-likeness (QED) is 0.548. The van der Waals surface area contributed by atoms with Gasteiger partial charge in [0.05, 0.1) is 6.10 Å². The minimum atomic E-state index is -0.179. The highest BCUT2D eigenvalue weighted by atomic mass is 16.7. The lowest BCUT2D eigenvalue weighted by atomic mass is 10.2. The summed E-state index contributed by atoms with van der Waals surface area (Å²) in [5, 5.41) is 0. The summed E-state index contributed by atoms with van der Waals surface area (Å²) in [6.45, 7) is 3.74. The number of rotatable bonds is 6. The van der Waals surface area contributed by atoms with Crippen molar-refractivity contribution in [2.75, 3.05) is 21.3 Å². The van der Waals surface area contributed by atoms with Crippen LogP contribution >= 0.6 is 0 Å². The van der Waals surface area contributed by atoms with Crippen molar-refractivity contribution in [3.05, 3.63) is 6.92 Å². The van der Waals surface area contributed by atoms with Gasteiger partial charge in [-0.15, -0.1) is 0 Å². The molecule has 0 spiro atoms. The molecule has 0 saturated heterocycles. The fraction of sp³-hybridized carbons (Fsp3) is 0.875. The van der Waals surface area contributed by atoms with Crippen molar-refractivity contribution >= 4 is 0 Å². The molecule has 0 aromatic carbocycles. The minimum Gasteiger partial charge on any atom is -0.381 e. The smallest absolute Gasteiger partial charge is 0.159 e. The summed E-state index contributed by atoms with van der Waals surface area (Å²) >= 11 is 0. The van der Waals surface area contributed by atoms with Crippen LogP contribution in [0.5, 0.6) is 0 Å². The van der Waals surface area contributed by atoms with Crippen LogP contribution in [-0.2, 0) is 14.2 Å². The lowest BCUT2D eigenvalue weighted by Gasteiger charge is -2.18. The normalized spacial score (nSPS) is 13.9. The molecule has 67 valence electrons. The fourth-order valence-corrected chi connectivity index (χ4v) is 0.835. The molecule has 0 aromatic rings. The zero-order chi connectivity index (χ0) is 8.69. The number of ether oxygens (including phenoxy) is 3. The molecule has 11 heavy (non-hydrogen) atoms. The molecule has 0 aromatic heterocycles. The van der Waals surface area contributed by atoms with E-state index in [9.17, 15) is 0 Å². The van der Waals surface area contributed by atoms with Gasteiger partial charge in [-0.2, -0.15) is 0 Å². The average Bonchev–Trinajstić information content (AvgIpc) is 2.07. The summed E-state index contributed by atoms with van der Waals surface area (Å²) in [6, 6.07) is 0. The van der Waals surface area contributed by atoms with E-state index >= 15 is 0 Å². The van der Waals surface area contributed by atoms with Gasteiger partial charge in [-0.1, -0.05) is 6.92 Å². The van der Waals surface area contributed by atoms with Gasteiger partial charge in [0, 0.05) is 27.8 Å². The molecule has 3 heteroatoms. The summed E-state index contributed by atoms with van der Waals surface area (Å²) in [5.41, 5.74) is 0. The van der Waals surface area contributed by atoms with E-state index in [2.05, 4.69) is 6.92 Å². The lowest BCUT2D eigenvalue weighted by Crippen LogP contribution is -2.22. The molecule has 0 aliphatic carbocycles. The third-order valence-electron chi connectivity index (χ3n) is 1.64. The van der Waals surface area contributed by atoms with Crippen molar-refractivity contribution in [2.24, 2.45) is 0 Å². The molecule has 3 nitrogen and oxygen atoms in total. The molecule has 1 radical (unpaired) electrons. The maximum Gasteiger partial charge on any atom is 0.159 e. The summed E-state index contributed by atoms with van der Waals surface area (Å²) in [6.07, 6.45) is 1.41. The van der Waals surface area contributed by atoms with Crippen LogP contribution in [0.1, 0.15) is 12.8 Å². The van der Waals surface area contributed by atoms with Gasteiger partial charge < -0.3 is 14.2 Å². The largest absolute Gasteiger partial charge is 0.381 e. The molecule has 0 fully saturated rings. The maximum atomic E-state index is 5.11. The van der Waals surface area contributed by atoms with E-state index in [1.807, 2.05) is 0 Å². The highest BCUT2D eigenvalue weighted by Crippen LogP contribution is 2.08. The van der Waals surface area contributed by atoms with Crippen LogP contribution in [0, 0.1) is 6.92 Å². The predicted molar refractivity (Wildman–Crippen MR) is 43.2 cm³/mol. The molecule has 0 aliphatic heterocycles. The summed E-state index contributed by atoms with van der Waals surface area (Å²) < 4.78 is 15.1. The molecular weight excluding hydrogens is 144 g/mol. The average molecular weight is 161 g/mol. The van der Waals surface area contributed by atoms with E-state index in [4.69, 9.17) is 14.2 Å². The van der Waals surface area contributed by atoms with E-state index in [-0.39, 0.29) is 12.4 Å². The molecular formula is C8H17O3. The Morgan fingerprint density at radius 2 is 1.64 bits per heavy atom. The Bertz CT molecular complexity index is 67.4. The Morgan fingerprint density at radius 1 is 1.09 bits per heavy atom. The maximum absolute atomic E-state index is 5.11. The van der Waals surface area contributed by atoms with Gasteiger partial charge >= 0.3 is 0 Å². The van der Waals surface area contributed by atoms with Crippen LogP contribution in [0.15, 0.2) is 0 Å². The zero-order valence-corrected chi connectivity index (χ0v) is 7.50. The molecule has 0 aliphatic rings. The first kappa shape index (κ1) is 10.9. The third-order valence-corrected chi connectivity index (χ3v) is 1.64. The van der Waals surface area contributed by atoms with Crippen LogP contribution in [0.2, 0.25) is 0 Å². The molecule has 1 unspecified atom stereocenters. The Hall–Kier alpha value is -0.120. The molecule has 0 bridgehead atoms. The molecule has 0 heterocycles. The van der Waals surface area contributed by atoms with E-state index in [1.165, 1.54) is 0 Å². The number of hydrogen-bond donors (Lipinski definition) is 0. The van der Waals surface area contributed by atoms with Crippen LogP contribution in [0.25, 0.3) is 0 Å². The van der Waals surface area contributed by atoms with Gasteiger partial charge in [0.15, 0.2) is 6.29 Å². The van der Waals surface area contributed by atoms with E-state index < -0.39 is 0 Å². The highest BCUT2D eigenvalue weighted by Gasteiger charge is 2.12. The van der Waals surface area contributed by atoms with Gasteiger partial charge in [-0.05, 0) is 6.42 Å². The first-order valence-corrected chi connectivity index (χ1v) is 3.66. The molecule has 0 N–H and O–H groups in total. The van der Waals surface area contributed by atoms with Crippen LogP contribution in [0.4, 0.5) is 0 Å². The van der Waals surface area contributed by atoms with Gasteiger partial charge in [-0.25, -0.2) is 0 Å². The van der Waals surface area contributed by atoms with Crippen molar-refractivity contribution < 1.29 is 14.2 Å². The van der Waals surface area contributed by atoms with Crippen molar-refractivity contribution in [2.45, 2.75) is 25.2 Å². The topological polar surface area (TPSA) is 27.7 Å². The monoisotopic (exact) mass is 161 g/mol. The first-order valence-electron chi connectivity index (χ1n) is 3.66. The van der Waals surface area contributed by atoms with Crippen molar-refractivity contribution in [1.29, 1.82) is 0 Å². The van der Waals surface area contributed by atoms with Gasteiger partial charge in [-0.3, -0.25) is 0 Å². The van der Waals surface area contributed by atoms with Crippen LogP contribution < -0.4 is 0 Å². The number of methoxy groups -OCH3 is 3. The predicted octanol–water partition coefficient (Wildman–Crippen LogP) is 1.23. The lowest BCUT2D eigenvalue weighted by molar-refractivity contribution is -0.125. The van der Waals surface area contributed by atoms with Crippen molar-refractivity contribution in [3.8, 4) is 0 Å². The summed E-state index contributed by atoms with van der Waals surface area (Å²) in [7, 11) is 4.90. The molecule has 0 rings (SSSR count). The second kappa shape index (κ2) is 6.58. The molecule has 1 atom stereocenters. The van der Waals surface area contributed by atoms with Gasteiger partial charge in [0.25, 0.3) is 0 Å². The second-order valence-electron chi connectivity index (χ2n) is 2.28. The van der Waals surface area contributed by atoms with E-state index in [0.717, 1.165) is 12.8 Å². The third kappa shape index (κ3) is 4.35. The van der Waals surface area contributed by atoms with E-state index in [1.54, 1.807) is 21.3 Å². The summed E-state index contributed by atoms with van der Waals surface area (Å²) in [4.78, 5) is 0. The van der Waals surface area contributed by atoms with Crippen LogP contribution in [0.3, 0.4) is 0 Å². The Morgan fingerprint density at radius 3 is 1.91 bits per heavy atom. The first-order chi connectivity index (χ1) is 5.28. The number of hydrogen-bond acceptors (Lipinski definition) is 3. The molecule has 0 amide bonds. The SMILES string of the molecule is [CH2]CC(CC(OC)OC)OC. The second-order valence-corrected chi connectivity index (χ2v) is 2.28. The van der Waals surface area contributed by atoms with Crippen LogP contribution in [-0.4, -0.2) is 33.7 Å². The zero-order valence-electron chi connectivity index (χ0n) is 7.50. The Kier molecular flexibility index (Phi) is 6.51. The van der Waals surface area contributed by atoms with Gasteiger partial charge in [0.1, 0.15) is 0 Å². The Balaban J connectivity index is 3.58. The van der Waals surface area contributed by atoms with Crippen molar-refractivity contribution in [1.82, 2.24) is 0 Å². The fourth-order valence-electron chi connectivity index (χ4n) is 0.835.